The zero-order chi connectivity index (χ0) is 11.1. The maximum atomic E-state index is 3.42. The molecule has 15 heavy (non-hydrogen) atoms. The van der Waals surface area contributed by atoms with Crippen molar-refractivity contribution in [1.82, 2.24) is 5.32 Å². The van der Waals surface area contributed by atoms with Crippen molar-refractivity contribution in [2.24, 2.45) is 11.8 Å². The third-order valence-corrected chi connectivity index (χ3v) is 4.38. The van der Waals surface area contributed by atoms with E-state index < -0.39 is 0 Å². The highest BCUT2D eigenvalue weighted by Crippen LogP contribution is 2.35. The summed E-state index contributed by atoms with van der Waals surface area (Å²) in [6.45, 7) is 4.66. The smallest absolute Gasteiger partial charge is 0.00615 e. The second-order valence-corrected chi connectivity index (χ2v) is 5.18. The number of hydrogen-bond donors (Lipinski definition) is 1. The maximum absolute atomic E-state index is 3.42. The molecule has 1 aliphatic rings. The van der Waals surface area contributed by atoms with Crippen LogP contribution < -0.4 is 5.32 Å². The molecule has 3 atom stereocenters. The predicted molar refractivity (Wildman–Crippen MR) is 68.1 cm³/mol. The van der Waals surface area contributed by atoms with Crippen molar-refractivity contribution in [3.05, 3.63) is 0 Å². The Balaban J connectivity index is 2.28. The first-order valence-electron chi connectivity index (χ1n) is 6.99. The fourth-order valence-electron chi connectivity index (χ4n) is 3.17. The lowest BCUT2D eigenvalue weighted by molar-refractivity contribution is 0.207. The van der Waals surface area contributed by atoms with Gasteiger partial charge in [-0.15, -0.1) is 0 Å². The normalized spacial score (nSPS) is 29.0. The second kappa shape index (κ2) is 7.27. The van der Waals surface area contributed by atoms with Crippen LogP contribution in [0.5, 0.6) is 0 Å². The number of rotatable bonds is 6. The third-order valence-electron chi connectivity index (χ3n) is 4.38. The van der Waals surface area contributed by atoms with Crippen molar-refractivity contribution >= 4 is 0 Å². The van der Waals surface area contributed by atoms with Gasteiger partial charge >= 0.3 is 0 Å². The molecule has 0 bridgehead atoms. The van der Waals surface area contributed by atoms with Gasteiger partial charge in [0, 0.05) is 6.04 Å². The zero-order valence-corrected chi connectivity index (χ0v) is 10.9. The molecule has 0 amide bonds. The van der Waals surface area contributed by atoms with Crippen molar-refractivity contribution in [2.75, 3.05) is 7.05 Å². The van der Waals surface area contributed by atoms with E-state index in [4.69, 9.17) is 0 Å². The van der Waals surface area contributed by atoms with E-state index in [2.05, 4.69) is 26.2 Å². The molecule has 0 heterocycles. The van der Waals surface area contributed by atoms with E-state index >= 15 is 0 Å². The van der Waals surface area contributed by atoms with Gasteiger partial charge in [0.15, 0.2) is 0 Å². The zero-order valence-electron chi connectivity index (χ0n) is 10.9. The van der Waals surface area contributed by atoms with Crippen LogP contribution in [-0.2, 0) is 0 Å². The van der Waals surface area contributed by atoms with Crippen LogP contribution in [-0.4, -0.2) is 13.1 Å². The molecule has 0 aromatic rings. The molecule has 0 aromatic heterocycles. The first-order valence-corrected chi connectivity index (χ1v) is 6.99. The topological polar surface area (TPSA) is 12.0 Å². The quantitative estimate of drug-likeness (QED) is 0.700. The van der Waals surface area contributed by atoms with Gasteiger partial charge < -0.3 is 5.32 Å². The van der Waals surface area contributed by atoms with E-state index in [1.807, 2.05) is 0 Å². The molecule has 1 heteroatoms. The molecule has 3 unspecified atom stereocenters. The molecule has 0 spiro atoms. The van der Waals surface area contributed by atoms with Gasteiger partial charge in [0.25, 0.3) is 0 Å². The predicted octanol–water partition coefficient (Wildman–Crippen LogP) is 3.98. The van der Waals surface area contributed by atoms with Gasteiger partial charge in [-0.2, -0.15) is 0 Å². The average Bonchev–Trinajstić information content (AvgIpc) is 2.31. The highest BCUT2D eigenvalue weighted by molar-refractivity contribution is 4.76. The number of nitrogens with one attached hydrogen (secondary N) is 1. The lowest BCUT2D eigenvalue weighted by atomic mass is 9.75. The molecular weight excluding hydrogens is 182 g/mol. The van der Waals surface area contributed by atoms with E-state index in [0.29, 0.717) is 0 Å². The summed E-state index contributed by atoms with van der Waals surface area (Å²) in [5.41, 5.74) is 0. The van der Waals surface area contributed by atoms with Crippen LogP contribution in [0.4, 0.5) is 0 Å². The van der Waals surface area contributed by atoms with Crippen LogP contribution in [0.3, 0.4) is 0 Å². The van der Waals surface area contributed by atoms with Crippen LogP contribution in [0.15, 0.2) is 0 Å². The Hall–Kier alpha value is -0.0400. The summed E-state index contributed by atoms with van der Waals surface area (Å²) in [5, 5.41) is 3.42. The largest absolute Gasteiger partial charge is 0.317 e. The Morgan fingerprint density at radius 2 is 1.80 bits per heavy atom. The molecule has 1 fully saturated rings. The number of hydrogen-bond acceptors (Lipinski definition) is 1. The van der Waals surface area contributed by atoms with Crippen molar-refractivity contribution in [2.45, 2.75) is 71.3 Å². The molecule has 1 aliphatic carbocycles. The summed E-state index contributed by atoms with van der Waals surface area (Å²) in [4.78, 5) is 0. The SMILES string of the molecule is CCC(CCC1CCCCC1CC)NC. The average molecular weight is 211 g/mol. The minimum atomic E-state index is 0.754. The molecule has 1 saturated carbocycles. The third kappa shape index (κ3) is 4.14. The summed E-state index contributed by atoms with van der Waals surface area (Å²) in [7, 11) is 2.10. The van der Waals surface area contributed by atoms with Gasteiger partial charge in [0.05, 0.1) is 0 Å². The minimum Gasteiger partial charge on any atom is -0.317 e. The van der Waals surface area contributed by atoms with Crippen LogP contribution in [0.1, 0.15) is 65.2 Å². The van der Waals surface area contributed by atoms with Crippen molar-refractivity contribution in [1.29, 1.82) is 0 Å². The first kappa shape index (κ1) is 13.0. The minimum absolute atomic E-state index is 0.754. The Morgan fingerprint density at radius 1 is 1.13 bits per heavy atom. The van der Waals surface area contributed by atoms with Gasteiger partial charge in [0.1, 0.15) is 0 Å². The van der Waals surface area contributed by atoms with Crippen LogP contribution in [0.25, 0.3) is 0 Å². The Kier molecular flexibility index (Phi) is 6.31. The molecule has 0 aliphatic heterocycles. The molecule has 90 valence electrons. The van der Waals surface area contributed by atoms with Gasteiger partial charge in [-0.1, -0.05) is 46.0 Å². The molecule has 1 rings (SSSR count). The van der Waals surface area contributed by atoms with Crippen LogP contribution >= 0.6 is 0 Å². The molecular formula is C14H29N. The lowest BCUT2D eigenvalue weighted by Crippen LogP contribution is -2.27. The Labute approximate surface area is 96.0 Å². The van der Waals surface area contributed by atoms with E-state index in [9.17, 15) is 0 Å². The van der Waals surface area contributed by atoms with Crippen molar-refractivity contribution in [3.63, 3.8) is 0 Å². The van der Waals surface area contributed by atoms with E-state index in [1.165, 1.54) is 51.4 Å². The van der Waals surface area contributed by atoms with E-state index in [0.717, 1.165) is 17.9 Å². The summed E-state index contributed by atoms with van der Waals surface area (Å²) < 4.78 is 0. The van der Waals surface area contributed by atoms with Crippen LogP contribution in [0, 0.1) is 11.8 Å². The highest BCUT2D eigenvalue weighted by atomic mass is 14.9. The van der Waals surface area contributed by atoms with Gasteiger partial charge in [-0.3, -0.25) is 0 Å². The summed E-state index contributed by atoms with van der Waals surface area (Å²) in [6.07, 6.45) is 11.5. The fraction of sp³-hybridized carbons (Fsp3) is 1.00. The van der Waals surface area contributed by atoms with E-state index in [-0.39, 0.29) is 0 Å². The first-order chi connectivity index (χ1) is 7.31. The molecule has 0 saturated heterocycles. The monoisotopic (exact) mass is 211 g/mol. The molecule has 1 nitrogen and oxygen atoms in total. The van der Waals surface area contributed by atoms with Gasteiger partial charge in [-0.25, -0.2) is 0 Å². The standard InChI is InChI=1S/C14H29N/c1-4-12-8-6-7-9-13(12)10-11-14(5-2)15-3/h12-15H,4-11H2,1-3H3. The second-order valence-electron chi connectivity index (χ2n) is 5.18. The van der Waals surface area contributed by atoms with Crippen molar-refractivity contribution in [3.8, 4) is 0 Å². The van der Waals surface area contributed by atoms with Gasteiger partial charge in [0.2, 0.25) is 0 Å². The Morgan fingerprint density at radius 3 is 2.33 bits per heavy atom. The summed E-state index contributed by atoms with van der Waals surface area (Å²) in [6, 6.07) is 0.754. The fourth-order valence-corrected chi connectivity index (χ4v) is 3.17. The maximum Gasteiger partial charge on any atom is 0.00615 e. The van der Waals surface area contributed by atoms with Crippen LogP contribution in [0.2, 0.25) is 0 Å². The molecule has 0 aromatic carbocycles. The van der Waals surface area contributed by atoms with Gasteiger partial charge in [-0.05, 0) is 38.1 Å². The van der Waals surface area contributed by atoms with E-state index in [1.54, 1.807) is 0 Å². The summed E-state index contributed by atoms with van der Waals surface area (Å²) in [5.74, 6) is 2.07. The lowest BCUT2D eigenvalue weighted by Gasteiger charge is -2.31. The highest BCUT2D eigenvalue weighted by Gasteiger charge is 2.23. The molecule has 1 N–H and O–H groups in total. The molecule has 0 radical (unpaired) electrons. The van der Waals surface area contributed by atoms with Crippen molar-refractivity contribution < 1.29 is 0 Å². The Bertz CT molecular complexity index is 151. The summed E-state index contributed by atoms with van der Waals surface area (Å²) >= 11 is 0.